The Hall–Kier alpha value is -5.42. The van der Waals surface area contributed by atoms with Crippen molar-refractivity contribution in [2.24, 2.45) is 5.41 Å². The third-order valence-corrected chi connectivity index (χ3v) is 11.0. The molecule has 61 heavy (non-hydrogen) atoms. The molecule has 2 bridgehead atoms. The number of ether oxygens (including phenoxy) is 5. The SMILES string of the molecule is CCn1c(-c2cc(C3=C4C[N-]C(C#C3)COC4)cnc2[C@H](C)OC)c(CC(C)(C)COC(=O)[C@@H]2CCCN(C(=O)OC(C)(C)C)N2C(=O)OC(C)(C)C)c2cc(Br)ccc21.[Fm]. The molecule has 1 unspecified atom stereocenters. The summed E-state index contributed by atoms with van der Waals surface area (Å²) in [5.74, 6) is 6.07. The summed E-state index contributed by atoms with van der Waals surface area (Å²) >= 11 is 3.73. The number of methoxy groups -OCH3 is 1. The number of aromatic nitrogens is 2. The summed E-state index contributed by atoms with van der Waals surface area (Å²) in [4.78, 5) is 46.3. The Morgan fingerprint density at radius 2 is 1.75 bits per heavy atom. The number of benzene rings is 1. The summed E-state index contributed by atoms with van der Waals surface area (Å²) in [5.41, 5.74) is 5.29. The smallest absolute Gasteiger partial charge is 0.430 e. The molecule has 3 aromatic rings. The quantitative estimate of drug-likeness (QED) is 0.111. The summed E-state index contributed by atoms with van der Waals surface area (Å²) in [7, 11) is 1.68. The third kappa shape index (κ3) is 10.6. The number of nitrogens with zero attached hydrogens (tertiary/aromatic N) is 5. The van der Waals surface area contributed by atoms with Crippen LogP contribution in [-0.2, 0) is 41.4 Å². The van der Waals surface area contributed by atoms with E-state index in [0.717, 1.165) is 64.6 Å². The van der Waals surface area contributed by atoms with Crippen LogP contribution in [0.15, 0.2) is 40.5 Å². The van der Waals surface area contributed by atoms with Crippen molar-refractivity contribution < 1.29 is 38.1 Å². The van der Waals surface area contributed by atoms with Gasteiger partial charge in [-0.1, -0.05) is 35.7 Å². The molecule has 3 atom stereocenters. The van der Waals surface area contributed by atoms with Gasteiger partial charge in [-0.05, 0) is 116 Å². The van der Waals surface area contributed by atoms with Gasteiger partial charge < -0.3 is 33.6 Å². The van der Waals surface area contributed by atoms with Crippen molar-refractivity contribution in [3.05, 3.63) is 62.6 Å². The largest absolute Gasteiger partial charge is 0.644 e. The maximum Gasteiger partial charge on any atom is 0.430 e. The Balaban J connectivity index is 0.00000704. The van der Waals surface area contributed by atoms with Crippen LogP contribution in [0, 0.1) is 17.3 Å². The Kier molecular flexibility index (Phi) is 14.0. The zero-order valence-corrected chi connectivity index (χ0v) is 41.1. The predicted molar refractivity (Wildman–Crippen MR) is 234 cm³/mol. The van der Waals surface area contributed by atoms with Crippen molar-refractivity contribution in [2.75, 3.05) is 40.0 Å². The number of aryl methyl sites for hydroxylation is 1. The van der Waals surface area contributed by atoms with E-state index in [1.807, 2.05) is 19.2 Å². The maximum atomic E-state index is 14.2. The number of fused-ring (bicyclic) bond motifs is 4. The van der Waals surface area contributed by atoms with Crippen molar-refractivity contribution in [3.8, 4) is 23.1 Å². The Morgan fingerprint density at radius 1 is 1.05 bits per heavy atom. The van der Waals surface area contributed by atoms with E-state index in [1.165, 1.54) is 0 Å². The van der Waals surface area contributed by atoms with Crippen molar-refractivity contribution in [2.45, 2.75) is 124 Å². The van der Waals surface area contributed by atoms with Gasteiger partial charge in [-0.15, -0.1) is 12.5 Å². The van der Waals surface area contributed by atoms with Crippen molar-refractivity contribution in [1.29, 1.82) is 0 Å². The van der Waals surface area contributed by atoms with Crippen molar-refractivity contribution in [1.82, 2.24) is 19.6 Å². The van der Waals surface area contributed by atoms with Crippen LogP contribution in [0.25, 0.3) is 33.1 Å². The maximum absolute atomic E-state index is 14.2. The van der Waals surface area contributed by atoms with Crippen LogP contribution >= 0.6 is 15.9 Å². The number of rotatable bonds is 10. The molecule has 3 aliphatic rings. The van der Waals surface area contributed by atoms with Gasteiger partial charge in [0.05, 0.1) is 30.7 Å². The van der Waals surface area contributed by atoms with Crippen molar-refractivity contribution in [3.63, 3.8) is 0 Å². The van der Waals surface area contributed by atoms with Gasteiger partial charge in [0.2, 0.25) is 0 Å². The number of esters is 1. The monoisotopic (exact) mass is 1150 g/mol. The summed E-state index contributed by atoms with van der Waals surface area (Å²) in [5, 5.41) is 8.03. The van der Waals surface area contributed by atoms with E-state index in [-0.39, 0.29) is 31.7 Å². The molecular weight excluding hydrogens is 1090 g/mol. The van der Waals surface area contributed by atoms with Crippen LogP contribution in [0.2, 0.25) is 0 Å². The molecule has 13 nitrogen and oxygen atoms in total. The first-order valence-electron chi connectivity index (χ1n) is 20.7. The van der Waals surface area contributed by atoms with Crippen molar-refractivity contribution >= 4 is 50.6 Å². The van der Waals surface area contributed by atoms with E-state index in [4.69, 9.17) is 34.0 Å². The number of halogens is 1. The number of carbonyl (C=O) groups excluding carboxylic acids is 3. The summed E-state index contributed by atoms with van der Waals surface area (Å²) < 4.78 is 32.6. The van der Waals surface area contributed by atoms with Gasteiger partial charge >= 0.3 is 18.2 Å². The number of hydrogen-bond acceptors (Lipinski definition) is 9. The van der Waals surface area contributed by atoms with E-state index in [9.17, 15) is 14.4 Å². The fourth-order valence-corrected chi connectivity index (χ4v) is 8.15. The fourth-order valence-electron chi connectivity index (χ4n) is 7.79. The standard InChI is InChI=1S/C46H59BrN5O8.Fm/c1-12-50-37-18-15-31(47)21-34(37)36(40(50)35-20-29(23-49-39(35)28(2)56-11)33-17-16-32-26-57-25-30(33)24-48-32)22-46(9,10)27-58-41(53)38-14-13-19-51(42(54)59-44(3,4)5)52(38)43(55)60-45(6,7)8;/h15,18,20-21,23,28,32,38H,12-14,19,22,24-27H2,1-11H3;/q-1;/t28-,32?,38-;/m0./s1. The second kappa shape index (κ2) is 18.3. The average Bonchev–Trinajstić information content (AvgIpc) is 3.33. The zero-order chi connectivity index (χ0) is 43.7. The van der Waals surface area contributed by atoms with E-state index >= 15 is 0 Å². The van der Waals surface area contributed by atoms with Crippen LogP contribution in [0.3, 0.4) is 0 Å². The molecule has 2 fully saturated rings. The van der Waals surface area contributed by atoms with Gasteiger partial charge in [0, 0.05) is 70.5 Å². The van der Waals surface area contributed by atoms with E-state index in [2.05, 4.69) is 71.3 Å². The Bertz CT molecular complexity index is 2230. The normalized spacial score (nSPS) is 18.8. The van der Waals surface area contributed by atoms with E-state index in [0.29, 0.717) is 39.1 Å². The van der Waals surface area contributed by atoms with Gasteiger partial charge in [0.15, 0.2) is 6.04 Å². The van der Waals surface area contributed by atoms with Gasteiger partial charge in [-0.3, -0.25) is 4.98 Å². The average molecular weight is 1150 g/mol. The van der Waals surface area contributed by atoms with Crippen LogP contribution in [0.5, 0.6) is 0 Å². The molecule has 2 aromatic heterocycles. The predicted octanol–water partition coefficient (Wildman–Crippen LogP) is 9.40. The minimum atomic E-state index is -1.10. The van der Waals surface area contributed by atoms with Gasteiger partial charge in [0.25, 0.3) is 0 Å². The van der Waals surface area contributed by atoms with E-state index in [1.54, 1.807) is 48.7 Å². The molecule has 6 rings (SSSR count). The first-order chi connectivity index (χ1) is 28.2. The minimum Gasteiger partial charge on any atom is -0.644 e. The molecule has 2 saturated heterocycles. The molecule has 5 heterocycles. The molecule has 1 aromatic carbocycles. The Labute approximate surface area is 362 Å². The molecule has 2 amide bonds. The number of hydrazine groups is 1. The molecule has 0 aliphatic carbocycles. The number of carbonyl (C=O) groups is 3. The zero-order valence-electron chi connectivity index (χ0n) is 37.2. The van der Waals surface area contributed by atoms with Gasteiger partial charge in [0.1, 0.15) is 11.2 Å². The van der Waals surface area contributed by atoms with Crippen LogP contribution in [0.4, 0.5) is 9.59 Å². The first kappa shape index (κ1) is 46.6. The molecule has 3 aliphatic heterocycles. The molecule has 0 radical (unpaired) electrons. The summed E-state index contributed by atoms with van der Waals surface area (Å²) in [6.07, 6.45) is 1.22. The summed E-state index contributed by atoms with van der Waals surface area (Å²) in [6.45, 7) is 21.0. The van der Waals surface area contributed by atoms with Gasteiger partial charge in [-0.2, -0.15) is 5.01 Å². The van der Waals surface area contributed by atoms with Crippen LogP contribution in [-0.4, -0.2) is 101 Å². The molecule has 0 N–H and O–H groups in total. The van der Waals surface area contributed by atoms with E-state index < -0.39 is 40.8 Å². The fraction of sp³-hybridized carbons (Fsp3) is 0.565. The minimum absolute atomic E-state index is 0. The van der Waals surface area contributed by atoms with Crippen LogP contribution < -0.4 is 0 Å². The molecule has 336 valence electrons. The Morgan fingerprint density at radius 3 is 2.43 bits per heavy atom. The third-order valence-electron chi connectivity index (χ3n) is 10.5. The molecule has 0 saturated carbocycles. The second-order valence-electron chi connectivity index (χ2n) is 18.4. The summed E-state index contributed by atoms with van der Waals surface area (Å²) in [6, 6.07) is 7.20. The molecule has 0 spiro atoms. The molecular formula is C46H59BrFmN5O8-. The topological polar surface area (TPSA) is 136 Å². The molecule has 15 heteroatoms. The number of amides is 2. The number of pyridine rings is 1. The second-order valence-corrected chi connectivity index (χ2v) is 19.3. The number of allylic oxidation sites excluding steroid dienone is 1. The van der Waals surface area contributed by atoms with Crippen LogP contribution in [0.1, 0.15) is 105 Å². The van der Waals surface area contributed by atoms with Gasteiger partial charge in [-0.25, -0.2) is 19.4 Å². The first-order valence-corrected chi connectivity index (χ1v) is 21.5. The number of hydrogen-bond donors (Lipinski definition) is 0.